The Bertz CT molecular complexity index is 640. The second-order valence-electron chi connectivity index (χ2n) is 5.27. The minimum absolute atomic E-state index is 0.103. The number of carboxylic acid groups (broad SMARTS) is 2. The predicted molar refractivity (Wildman–Crippen MR) is 75.2 cm³/mol. The summed E-state index contributed by atoms with van der Waals surface area (Å²) >= 11 is 0. The van der Waals surface area contributed by atoms with Crippen LogP contribution in [0.5, 0.6) is 0 Å². The van der Waals surface area contributed by atoms with Gasteiger partial charge in [0.15, 0.2) is 0 Å². The molecule has 1 aliphatic rings. The molecule has 1 atom stereocenters. The minimum atomic E-state index is -1.06. The van der Waals surface area contributed by atoms with Crippen molar-refractivity contribution in [3.8, 4) is 0 Å². The van der Waals surface area contributed by atoms with Gasteiger partial charge >= 0.3 is 11.9 Å². The van der Waals surface area contributed by atoms with E-state index in [0.29, 0.717) is 12.0 Å². The maximum atomic E-state index is 11.4. The second-order valence-corrected chi connectivity index (χ2v) is 5.27. The van der Waals surface area contributed by atoms with Crippen molar-refractivity contribution in [2.24, 2.45) is 0 Å². The molecular weight excluding hydrogens is 256 g/mol. The van der Waals surface area contributed by atoms with E-state index in [9.17, 15) is 14.7 Å². The lowest BCUT2D eigenvalue weighted by Gasteiger charge is -2.29. The molecule has 1 aliphatic carbocycles. The molecule has 1 unspecified atom stereocenters. The van der Waals surface area contributed by atoms with Gasteiger partial charge in [0.25, 0.3) is 0 Å². The highest BCUT2D eigenvalue weighted by Gasteiger charge is 2.29. The third-order valence-corrected chi connectivity index (χ3v) is 3.67. The average molecular weight is 272 g/mol. The van der Waals surface area contributed by atoms with E-state index in [1.807, 2.05) is 32.1 Å². The Morgan fingerprint density at radius 3 is 2.40 bits per heavy atom. The molecule has 1 aromatic carbocycles. The molecule has 0 saturated carbocycles. The summed E-state index contributed by atoms with van der Waals surface area (Å²) < 4.78 is 0. The van der Waals surface area contributed by atoms with E-state index in [2.05, 4.69) is 0 Å². The van der Waals surface area contributed by atoms with Gasteiger partial charge in [-0.15, -0.1) is 0 Å². The summed E-state index contributed by atoms with van der Waals surface area (Å²) in [6.07, 6.45) is 6.55. The van der Waals surface area contributed by atoms with Crippen molar-refractivity contribution in [3.63, 3.8) is 0 Å². The zero-order valence-electron chi connectivity index (χ0n) is 11.4. The maximum Gasteiger partial charge on any atom is 0.335 e. The largest absolute Gasteiger partial charge is 0.478 e. The SMILES string of the molecule is CC1=CCC(C)(c2cc(C(=O)O)ccc2C(=O)O)C=C1. The average Bonchev–Trinajstić information content (AvgIpc) is 2.41. The summed E-state index contributed by atoms with van der Waals surface area (Å²) in [5, 5.41) is 18.4. The number of carbonyl (C=O) groups is 2. The number of benzene rings is 1. The van der Waals surface area contributed by atoms with Crippen molar-refractivity contribution in [2.45, 2.75) is 25.7 Å². The van der Waals surface area contributed by atoms with E-state index in [-0.39, 0.29) is 11.1 Å². The summed E-state index contributed by atoms with van der Waals surface area (Å²) in [6, 6.07) is 4.16. The molecule has 104 valence electrons. The molecule has 2 rings (SSSR count). The quantitative estimate of drug-likeness (QED) is 0.885. The smallest absolute Gasteiger partial charge is 0.335 e. The number of hydrogen-bond donors (Lipinski definition) is 2. The monoisotopic (exact) mass is 272 g/mol. The van der Waals surface area contributed by atoms with Crippen LogP contribution >= 0.6 is 0 Å². The fourth-order valence-electron chi connectivity index (χ4n) is 2.36. The lowest BCUT2D eigenvalue weighted by molar-refractivity contribution is 0.0679. The highest BCUT2D eigenvalue weighted by atomic mass is 16.4. The summed E-state index contributed by atoms with van der Waals surface area (Å²) in [4.78, 5) is 22.5. The summed E-state index contributed by atoms with van der Waals surface area (Å²) in [6.45, 7) is 3.89. The Kier molecular flexibility index (Phi) is 3.49. The van der Waals surface area contributed by atoms with Crippen LogP contribution in [0.2, 0.25) is 0 Å². The molecule has 0 aliphatic heterocycles. The van der Waals surface area contributed by atoms with Gasteiger partial charge in [-0.3, -0.25) is 0 Å². The van der Waals surface area contributed by atoms with Crippen LogP contribution in [0.1, 0.15) is 46.5 Å². The molecule has 0 heterocycles. The molecule has 0 fully saturated rings. The molecule has 20 heavy (non-hydrogen) atoms. The van der Waals surface area contributed by atoms with Crippen molar-refractivity contribution in [1.82, 2.24) is 0 Å². The first-order chi connectivity index (χ1) is 9.33. The van der Waals surface area contributed by atoms with Crippen LogP contribution in [0.15, 0.2) is 42.0 Å². The Morgan fingerprint density at radius 2 is 1.90 bits per heavy atom. The van der Waals surface area contributed by atoms with Crippen molar-refractivity contribution < 1.29 is 19.8 Å². The number of rotatable bonds is 3. The summed E-state index contributed by atoms with van der Waals surface area (Å²) in [5.41, 5.74) is 1.40. The van der Waals surface area contributed by atoms with Crippen molar-refractivity contribution in [3.05, 3.63) is 58.7 Å². The molecular formula is C16H16O4. The van der Waals surface area contributed by atoms with Crippen LogP contribution in [0.3, 0.4) is 0 Å². The molecule has 0 spiro atoms. The predicted octanol–water partition coefficient (Wildman–Crippen LogP) is 3.25. The minimum Gasteiger partial charge on any atom is -0.478 e. The van der Waals surface area contributed by atoms with Crippen LogP contribution in [0, 0.1) is 0 Å². The molecule has 0 amide bonds. The third-order valence-electron chi connectivity index (χ3n) is 3.67. The molecule has 1 aromatic rings. The number of carboxylic acids is 2. The highest BCUT2D eigenvalue weighted by Crippen LogP contribution is 2.36. The van der Waals surface area contributed by atoms with Gasteiger partial charge in [0.05, 0.1) is 11.1 Å². The highest BCUT2D eigenvalue weighted by molar-refractivity contribution is 5.93. The normalized spacial score (nSPS) is 21.4. The molecule has 0 aromatic heterocycles. The number of aromatic carboxylic acids is 2. The Morgan fingerprint density at radius 1 is 1.20 bits per heavy atom. The van der Waals surface area contributed by atoms with E-state index in [4.69, 9.17) is 5.11 Å². The maximum absolute atomic E-state index is 11.4. The molecule has 2 N–H and O–H groups in total. The Hall–Kier alpha value is -2.36. The van der Waals surface area contributed by atoms with Crippen molar-refractivity contribution >= 4 is 11.9 Å². The van der Waals surface area contributed by atoms with Gasteiger partial charge in [-0.05, 0) is 37.1 Å². The molecule has 0 bridgehead atoms. The topological polar surface area (TPSA) is 74.6 Å². The zero-order valence-corrected chi connectivity index (χ0v) is 11.4. The number of hydrogen-bond acceptors (Lipinski definition) is 2. The lowest BCUT2D eigenvalue weighted by Crippen LogP contribution is -2.24. The van der Waals surface area contributed by atoms with Gasteiger partial charge < -0.3 is 10.2 Å². The second kappa shape index (κ2) is 4.96. The molecule has 4 nitrogen and oxygen atoms in total. The van der Waals surface area contributed by atoms with Crippen LogP contribution in [-0.4, -0.2) is 22.2 Å². The molecule has 0 saturated heterocycles. The number of allylic oxidation sites excluding steroid dienone is 4. The first kappa shape index (κ1) is 14.1. The van der Waals surface area contributed by atoms with Gasteiger partial charge in [0.2, 0.25) is 0 Å². The first-order valence-electron chi connectivity index (χ1n) is 6.30. The first-order valence-corrected chi connectivity index (χ1v) is 6.30. The third kappa shape index (κ3) is 2.50. The summed E-state index contributed by atoms with van der Waals surface area (Å²) in [5.74, 6) is -2.10. The zero-order chi connectivity index (χ0) is 14.9. The Balaban J connectivity index is 2.59. The van der Waals surface area contributed by atoms with E-state index >= 15 is 0 Å². The van der Waals surface area contributed by atoms with Crippen LogP contribution in [-0.2, 0) is 5.41 Å². The summed E-state index contributed by atoms with van der Waals surface area (Å²) in [7, 11) is 0. The van der Waals surface area contributed by atoms with Gasteiger partial charge in [0.1, 0.15) is 0 Å². The van der Waals surface area contributed by atoms with Crippen LogP contribution < -0.4 is 0 Å². The lowest BCUT2D eigenvalue weighted by atomic mass is 9.74. The van der Waals surface area contributed by atoms with E-state index < -0.39 is 17.4 Å². The molecule has 0 radical (unpaired) electrons. The van der Waals surface area contributed by atoms with Gasteiger partial charge in [-0.1, -0.05) is 30.7 Å². The van der Waals surface area contributed by atoms with E-state index in [1.165, 1.54) is 18.2 Å². The molecule has 4 heteroatoms. The van der Waals surface area contributed by atoms with Gasteiger partial charge in [-0.25, -0.2) is 9.59 Å². The van der Waals surface area contributed by atoms with Crippen molar-refractivity contribution in [2.75, 3.05) is 0 Å². The fraction of sp³-hybridized carbons (Fsp3) is 0.250. The van der Waals surface area contributed by atoms with Crippen LogP contribution in [0.25, 0.3) is 0 Å². The van der Waals surface area contributed by atoms with Crippen LogP contribution in [0.4, 0.5) is 0 Å². The fourth-order valence-corrected chi connectivity index (χ4v) is 2.36. The standard InChI is InChI=1S/C16H16O4/c1-10-5-7-16(2,8-6-10)13-9-11(14(17)18)3-4-12(13)15(19)20/h3-7,9H,8H2,1-2H3,(H,17,18)(H,19,20). The van der Waals surface area contributed by atoms with Gasteiger partial charge in [-0.2, -0.15) is 0 Å². The van der Waals surface area contributed by atoms with Crippen molar-refractivity contribution in [1.29, 1.82) is 0 Å². The van der Waals surface area contributed by atoms with E-state index in [1.54, 1.807) is 0 Å². The van der Waals surface area contributed by atoms with E-state index in [0.717, 1.165) is 5.57 Å². The Labute approximate surface area is 117 Å². The van der Waals surface area contributed by atoms with Gasteiger partial charge in [0, 0.05) is 5.41 Å².